The summed E-state index contributed by atoms with van der Waals surface area (Å²) in [6.07, 6.45) is 0.857. The van der Waals surface area contributed by atoms with E-state index < -0.39 is 21.5 Å². The van der Waals surface area contributed by atoms with Gasteiger partial charge in [-0.1, -0.05) is 0 Å². The molecule has 0 N–H and O–H groups in total. The van der Waals surface area contributed by atoms with Crippen LogP contribution in [-0.4, -0.2) is 26.3 Å². The van der Waals surface area contributed by atoms with Crippen molar-refractivity contribution in [1.29, 1.82) is 0 Å². The Morgan fingerprint density at radius 2 is 2.00 bits per heavy atom. The fourth-order valence-electron chi connectivity index (χ4n) is 0.251. The molecule has 0 aromatic heterocycles. The summed E-state index contributed by atoms with van der Waals surface area (Å²) in [7, 11) is -3.38. The molecule has 0 radical (unpaired) electrons. The minimum atomic E-state index is -3.38. The first-order valence-electron chi connectivity index (χ1n) is 1.99. The molecule has 0 unspecified atom stereocenters. The van der Waals surface area contributed by atoms with Crippen LogP contribution >= 0.6 is 0 Å². The van der Waals surface area contributed by atoms with Crippen molar-refractivity contribution in [1.82, 2.24) is 0 Å². The van der Waals surface area contributed by atoms with E-state index in [9.17, 15) is 18.1 Å². The summed E-state index contributed by atoms with van der Waals surface area (Å²) in [5.74, 6) is -1.95. The molecule has 6 heteroatoms. The second kappa shape index (κ2) is 2.67. The van der Waals surface area contributed by atoms with Gasteiger partial charge in [0.1, 0.15) is 5.75 Å². The molecule has 52 valence electrons. The largest absolute Gasteiger partial charge is 0.301 e. The van der Waals surface area contributed by atoms with Crippen molar-refractivity contribution in [2.45, 2.75) is 0 Å². The van der Waals surface area contributed by atoms with Crippen molar-refractivity contribution >= 4 is 15.7 Å². The Labute approximate surface area is 52.0 Å². The first-order valence-corrected chi connectivity index (χ1v) is 4.05. The Hall–Kier alpha value is -0.780. The summed E-state index contributed by atoms with van der Waals surface area (Å²) in [6, 6.07) is 0. The smallest absolute Gasteiger partial charge is 0.268 e. The van der Waals surface area contributed by atoms with Crippen LogP contribution in [0.3, 0.4) is 0 Å². The fourth-order valence-corrected chi connectivity index (χ4v) is 0.752. The molecule has 0 aliphatic rings. The third-order valence-corrected chi connectivity index (χ3v) is 1.26. The zero-order valence-corrected chi connectivity index (χ0v) is 5.51. The lowest BCUT2D eigenvalue weighted by Crippen LogP contribution is -2.11. The van der Waals surface area contributed by atoms with Crippen molar-refractivity contribution in [3.05, 3.63) is 4.91 Å². The number of hydrogen-bond donors (Lipinski definition) is 0. The molecule has 0 aromatic carbocycles. The number of carbonyl (C=O) groups excluding carboxylic acids is 1. The van der Waals surface area contributed by atoms with Crippen molar-refractivity contribution in [2.75, 3.05) is 12.0 Å². The van der Waals surface area contributed by atoms with Crippen LogP contribution in [0.15, 0.2) is 5.18 Å². The van der Waals surface area contributed by atoms with Gasteiger partial charge in [0, 0.05) is 11.4 Å². The van der Waals surface area contributed by atoms with Crippen LogP contribution in [0, 0.1) is 4.91 Å². The molecule has 0 saturated carbocycles. The Morgan fingerprint density at radius 3 is 2.11 bits per heavy atom. The molecule has 0 atom stereocenters. The van der Waals surface area contributed by atoms with Crippen LogP contribution in [0.25, 0.3) is 0 Å². The van der Waals surface area contributed by atoms with Crippen LogP contribution in [0.1, 0.15) is 0 Å². The number of nitroso groups, excluding NO2 is 1. The van der Waals surface area contributed by atoms with Gasteiger partial charge in [0.15, 0.2) is 9.84 Å². The first-order chi connectivity index (χ1) is 3.95. The minimum absolute atomic E-state index is 0.795. The van der Waals surface area contributed by atoms with Gasteiger partial charge in [-0.3, -0.25) is 4.79 Å². The maximum absolute atomic E-state index is 10.2. The average molecular weight is 151 g/mol. The van der Waals surface area contributed by atoms with E-state index in [1.807, 2.05) is 5.18 Å². The number of amides is 1. The Kier molecular flexibility index (Phi) is 2.44. The maximum atomic E-state index is 10.2. The molecule has 0 aromatic rings. The van der Waals surface area contributed by atoms with Crippen LogP contribution in [0.5, 0.6) is 0 Å². The van der Waals surface area contributed by atoms with Crippen molar-refractivity contribution < 1.29 is 13.2 Å². The monoisotopic (exact) mass is 151 g/mol. The Bertz CT molecular complexity index is 216. The highest BCUT2D eigenvalue weighted by atomic mass is 32.2. The second-order valence-electron chi connectivity index (χ2n) is 1.56. The van der Waals surface area contributed by atoms with E-state index in [4.69, 9.17) is 0 Å². The third-order valence-electron chi connectivity index (χ3n) is 0.487. The molecule has 0 aliphatic carbocycles. The third kappa shape index (κ3) is 5.09. The van der Waals surface area contributed by atoms with Crippen LogP contribution < -0.4 is 0 Å². The van der Waals surface area contributed by atoms with Gasteiger partial charge in [-0.15, -0.1) is 4.91 Å². The lowest BCUT2D eigenvalue weighted by atomic mass is 10.8. The Balaban J connectivity index is 4.06. The highest BCUT2D eigenvalue weighted by Crippen LogP contribution is 1.83. The zero-order valence-electron chi connectivity index (χ0n) is 4.70. The molecule has 0 bridgehead atoms. The molecule has 0 rings (SSSR count). The molecule has 5 nitrogen and oxygen atoms in total. The lowest BCUT2D eigenvalue weighted by Gasteiger charge is -1.85. The summed E-state index contributed by atoms with van der Waals surface area (Å²) >= 11 is 0. The highest BCUT2D eigenvalue weighted by molar-refractivity contribution is 7.91. The second-order valence-corrected chi connectivity index (χ2v) is 3.70. The van der Waals surface area contributed by atoms with Crippen LogP contribution in [0.2, 0.25) is 0 Å². The fraction of sp³-hybridized carbons (Fsp3) is 0.667. The standard InChI is InChI=1S/C3H5NO4S/c1-9(7,8)2-3(5)4-6/h2H2,1H3. The number of nitrogens with zero attached hydrogens (tertiary/aromatic N) is 1. The molecule has 0 fully saturated rings. The van der Waals surface area contributed by atoms with Crippen LogP contribution in [-0.2, 0) is 14.6 Å². The predicted octanol–water partition coefficient (Wildman–Crippen LogP) is -0.676. The van der Waals surface area contributed by atoms with Gasteiger partial charge in [0.2, 0.25) is 0 Å². The topological polar surface area (TPSA) is 80.6 Å². The van der Waals surface area contributed by atoms with Crippen molar-refractivity contribution in [3.63, 3.8) is 0 Å². The van der Waals surface area contributed by atoms with E-state index in [-0.39, 0.29) is 0 Å². The van der Waals surface area contributed by atoms with Gasteiger partial charge in [0.05, 0.1) is 0 Å². The highest BCUT2D eigenvalue weighted by Gasteiger charge is 2.09. The number of sulfone groups is 1. The first kappa shape index (κ1) is 8.22. The summed E-state index contributed by atoms with van der Waals surface area (Å²) in [6.45, 7) is 0. The molecular formula is C3H5NO4S. The summed E-state index contributed by atoms with van der Waals surface area (Å²) < 4.78 is 20.4. The molecular weight excluding hydrogens is 146 g/mol. The molecule has 0 spiro atoms. The van der Waals surface area contributed by atoms with Crippen LogP contribution in [0.4, 0.5) is 0 Å². The van der Waals surface area contributed by atoms with Gasteiger partial charge in [-0.05, 0) is 0 Å². The molecule has 0 heterocycles. The molecule has 0 saturated heterocycles. The molecule has 1 amide bonds. The predicted molar refractivity (Wildman–Crippen MR) is 30.5 cm³/mol. The number of hydrogen-bond acceptors (Lipinski definition) is 4. The van der Waals surface area contributed by atoms with E-state index in [0.717, 1.165) is 6.26 Å². The van der Waals surface area contributed by atoms with Crippen molar-refractivity contribution in [3.8, 4) is 0 Å². The van der Waals surface area contributed by atoms with Gasteiger partial charge >= 0.3 is 5.91 Å². The average Bonchev–Trinajstić information content (AvgIpc) is 1.62. The molecule has 0 aliphatic heterocycles. The SMILES string of the molecule is CS(=O)(=O)CC(=O)N=O. The molecule has 9 heavy (non-hydrogen) atoms. The maximum Gasteiger partial charge on any atom is 0.301 e. The van der Waals surface area contributed by atoms with E-state index in [1.165, 1.54) is 0 Å². The Morgan fingerprint density at radius 1 is 1.56 bits per heavy atom. The minimum Gasteiger partial charge on any atom is -0.268 e. The van der Waals surface area contributed by atoms with E-state index in [0.29, 0.717) is 0 Å². The van der Waals surface area contributed by atoms with Gasteiger partial charge < -0.3 is 0 Å². The van der Waals surface area contributed by atoms with Gasteiger partial charge in [-0.25, -0.2) is 8.42 Å². The van der Waals surface area contributed by atoms with Gasteiger partial charge in [0.25, 0.3) is 0 Å². The quantitative estimate of drug-likeness (QED) is 0.490. The normalized spacial score (nSPS) is 10.8. The zero-order chi connectivity index (χ0) is 7.49. The number of carbonyl (C=O) groups is 1. The van der Waals surface area contributed by atoms with E-state index in [1.54, 1.807) is 0 Å². The van der Waals surface area contributed by atoms with E-state index >= 15 is 0 Å². The summed E-state index contributed by atoms with van der Waals surface area (Å²) in [4.78, 5) is 19.3. The lowest BCUT2D eigenvalue weighted by molar-refractivity contribution is -0.115. The van der Waals surface area contributed by atoms with Gasteiger partial charge in [-0.2, -0.15) is 0 Å². The summed E-state index contributed by atoms with van der Waals surface area (Å²) in [5, 5.41) is 1.91. The number of rotatable bonds is 2. The van der Waals surface area contributed by atoms with Crippen molar-refractivity contribution in [2.24, 2.45) is 5.18 Å². The summed E-state index contributed by atoms with van der Waals surface area (Å²) in [5.41, 5.74) is 0. The van der Waals surface area contributed by atoms with E-state index in [2.05, 4.69) is 0 Å².